The first-order chi connectivity index (χ1) is 14.9. The summed E-state index contributed by atoms with van der Waals surface area (Å²) in [6.45, 7) is 0.305. The van der Waals surface area contributed by atoms with Crippen LogP contribution in [0.3, 0.4) is 0 Å². The van der Waals surface area contributed by atoms with E-state index in [0.717, 1.165) is 18.4 Å². The van der Waals surface area contributed by atoms with Crippen molar-refractivity contribution in [1.82, 2.24) is 10.0 Å². The van der Waals surface area contributed by atoms with Crippen LogP contribution >= 0.6 is 0 Å². The number of ether oxygens (including phenoxy) is 1. The molecule has 0 aromatic heterocycles. The third-order valence-corrected chi connectivity index (χ3v) is 6.29. The molecule has 0 spiro atoms. The van der Waals surface area contributed by atoms with Crippen molar-refractivity contribution in [3.8, 4) is 11.5 Å². The molecule has 1 amide bonds. The molecule has 1 aliphatic carbocycles. The SMILES string of the molecule is O=C(NCc1ccc(Oc2ccc(F)cc2)cc1)c1ccc(S(=O)(=O)NC2CC2)cc1. The van der Waals surface area contributed by atoms with E-state index in [1.807, 2.05) is 12.1 Å². The molecule has 0 radical (unpaired) electrons. The highest BCUT2D eigenvalue weighted by Crippen LogP contribution is 2.23. The molecule has 1 fully saturated rings. The van der Waals surface area contributed by atoms with E-state index in [2.05, 4.69) is 10.0 Å². The predicted octanol–water partition coefficient (Wildman–Crippen LogP) is 3.99. The molecule has 0 bridgehead atoms. The Morgan fingerprint density at radius 2 is 1.48 bits per heavy atom. The Labute approximate surface area is 180 Å². The second-order valence-corrected chi connectivity index (χ2v) is 9.02. The van der Waals surface area contributed by atoms with E-state index < -0.39 is 10.0 Å². The summed E-state index contributed by atoms with van der Waals surface area (Å²) >= 11 is 0. The molecule has 3 aromatic carbocycles. The van der Waals surface area contributed by atoms with Gasteiger partial charge in [0.05, 0.1) is 4.90 Å². The number of benzene rings is 3. The summed E-state index contributed by atoms with van der Waals surface area (Å²) in [5.74, 6) is 0.494. The summed E-state index contributed by atoms with van der Waals surface area (Å²) in [6, 6.07) is 18.8. The van der Waals surface area contributed by atoms with Crippen LogP contribution in [0.1, 0.15) is 28.8 Å². The van der Waals surface area contributed by atoms with E-state index in [4.69, 9.17) is 4.74 Å². The largest absolute Gasteiger partial charge is 0.457 e. The second kappa shape index (κ2) is 8.87. The first-order valence-corrected chi connectivity index (χ1v) is 11.3. The predicted molar refractivity (Wildman–Crippen MR) is 114 cm³/mol. The topological polar surface area (TPSA) is 84.5 Å². The van der Waals surface area contributed by atoms with Crippen molar-refractivity contribution in [1.29, 1.82) is 0 Å². The summed E-state index contributed by atoms with van der Waals surface area (Å²) < 4.78 is 45.6. The molecule has 0 saturated heterocycles. The van der Waals surface area contributed by atoms with Crippen LogP contribution in [0.5, 0.6) is 11.5 Å². The highest BCUT2D eigenvalue weighted by atomic mass is 32.2. The quantitative estimate of drug-likeness (QED) is 0.555. The molecule has 1 saturated carbocycles. The zero-order valence-corrected chi connectivity index (χ0v) is 17.4. The van der Waals surface area contributed by atoms with Crippen molar-refractivity contribution < 1.29 is 22.3 Å². The normalized spacial score (nSPS) is 13.6. The van der Waals surface area contributed by atoms with Gasteiger partial charge in [-0.05, 0) is 79.1 Å². The van der Waals surface area contributed by atoms with Crippen molar-refractivity contribution in [3.05, 3.63) is 89.7 Å². The Hall–Kier alpha value is -3.23. The molecule has 2 N–H and O–H groups in total. The lowest BCUT2D eigenvalue weighted by atomic mass is 10.2. The van der Waals surface area contributed by atoms with E-state index >= 15 is 0 Å². The van der Waals surface area contributed by atoms with Crippen molar-refractivity contribution in [2.24, 2.45) is 0 Å². The van der Waals surface area contributed by atoms with E-state index in [-0.39, 0.29) is 22.7 Å². The van der Waals surface area contributed by atoms with Crippen LogP contribution in [0.15, 0.2) is 77.7 Å². The lowest BCUT2D eigenvalue weighted by molar-refractivity contribution is 0.0951. The zero-order valence-electron chi connectivity index (χ0n) is 16.5. The van der Waals surface area contributed by atoms with Crippen molar-refractivity contribution in [2.75, 3.05) is 0 Å². The van der Waals surface area contributed by atoms with Crippen LogP contribution in [0.4, 0.5) is 4.39 Å². The first kappa shape index (κ1) is 21.0. The van der Waals surface area contributed by atoms with E-state index in [0.29, 0.717) is 23.6 Å². The lowest BCUT2D eigenvalue weighted by Crippen LogP contribution is -2.26. The fourth-order valence-electron chi connectivity index (χ4n) is 2.87. The number of hydrogen-bond donors (Lipinski definition) is 2. The molecule has 3 aromatic rings. The molecule has 4 rings (SSSR count). The van der Waals surface area contributed by atoms with Gasteiger partial charge in [-0.1, -0.05) is 12.1 Å². The standard InChI is InChI=1S/C23H21FN2O4S/c24-18-5-11-21(12-6-18)30-20-9-1-16(2-10-20)15-25-23(27)17-3-13-22(14-4-17)31(28,29)26-19-7-8-19/h1-6,9-14,19,26H,7-8,15H2,(H,25,27). The van der Waals surface area contributed by atoms with Gasteiger partial charge in [-0.2, -0.15) is 0 Å². The van der Waals surface area contributed by atoms with E-state index in [1.54, 1.807) is 24.3 Å². The number of rotatable bonds is 8. The van der Waals surface area contributed by atoms with Crippen molar-refractivity contribution in [2.45, 2.75) is 30.3 Å². The number of hydrogen-bond acceptors (Lipinski definition) is 4. The smallest absolute Gasteiger partial charge is 0.251 e. The molecule has 6 nitrogen and oxygen atoms in total. The minimum atomic E-state index is -3.54. The number of sulfonamides is 1. The monoisotopic (exact) mass is 440 g/mol. The molecule has 1 aliphatic rings. The Kier molecular flexibility index (Phi) is 6.01. The molecule has 0 aliphatic heterocycles. The van der Waals surface area contributed by atoms with Gasteiger partial charge in [-0.25, -0.2) is 17.5 Å². The van der Waals surface area contributed by atoms with Gasteiger partial charge in [0.1, 0.15) is 17.3 Å². The first-order valence-electron chi connectivity index (χ1n) is 9.82. The Morgan fingerprint density at radius 3 is 2.06 bits per heavy atom. The summed E-state index contributed by atoms with van der Waals surface area (Å²) in [7, 11) is -3.54. The van der Waals surface area contributed by atoms with Gasteiger partial charge < -0.3 is 10.1 Å². The summed E-state index contributed by atoms with van der Waals surface area (Å²) in [6.07, 6.45) is 1.72. The third-order valence-electron chi connectivity index (χ3n) is 4.75. The molecule has 31 heavy (non-hydrogen) atoms. The number of amides is 1. The van der Waals surface area contributed by atoms with E-state index in [1.165, 1.54) is 36.4 Å². The van der Waals surface area contributed by atoms with E-state index in [9.17, 15) is 17.6 Å². The van der Waals surface area contributed by atoms with Crippen molar-refractivity contribution >= 4 is 15.9 Å². The third kappa shape index (κ3) is 5.68. The number of carbonyl (C=O) groups excluding carboxylic acids is 1. The van der Waals surface area contributed by atoms with Gasteiger partial charge in [0.2, 0.25) is 10.0 Å². The fraction of sp³-hybridized carbons (Fsp3) is 0.174. The fourth-order valence-corrected chi connectivity index (χ4v) is 4.18. The Bertz CT molecular complexity index is 1160. The maximum Gasteiger partial charge on any atom is 0.251 e. The van der Waals surface area contributed by atoms with Crippen LogP contribution in [-0.4, -0.2) is 20.4 Å². The zero-order chi connectivity index (χ0) is 21.8. The summed E-state index contributed by atoms with van der Waals surface area (Å²) in [4.78, 5) is 12.5. The van der Waals surface area contributed by atoms with Gasteiger partial charge in [0.25, 0.3) is 5.91 Å². The molecule has 160 valence electrons. The highest BCUT2D eigenvalue weighted by Gasteiger charge is 2.27. The minimum Gasteiger partial charge on any atom is -0.457 e. The maximum atomic E-state index is 13.0. The molecular formula is C23H21FN2O4S. The molecule has 0 atom stereocenters. The number of carbonyl (C=O) groups is 1. The average molecular weight is 440 g/mol. The Morgan fingerprint density at radius 1 is 0.903 bits per heavy atom. The van der Waals surface area contributed by atoms with Crippen LogP contribution in [0.2, 0.25) is 0 Å². The van der Waals surface area contributed by atoms with Gasteiger partial charge in [0, 0.05) is 18.2 Å². The highest BCUT2D eigenvalue weighted by molar-refractivity contribution is 7.89. The maximum absolute atomic E-state index is 13.0. The van der Waals surface area contributed by atoms with Crippen LogP contribution < -0.4 is 14.8 Å². The second-order valence-electron chi connectivity index (χ2n) is 7.30. The number of nitrogens with one attached hydrogen (secondary N) is 2. The van der Waals surface area contributed by atoms with Gasteiger partial charge in [-0.3, -0.25) is 4.79 Å². The summed E-state index contributed by atoms with van der Waals surface area (Å²) in [5.41, 5.74) is 1.24. The molecule has 0 unspecified atom stereocenters. The van der Waals surface area contributed by atoms with Gasteiger partial charge in [-0.15, -0.1) is 0 Å². The molecule has 8 heteroatoms. The average Bonchev–Trinajstić information content (AvgIpc) is 3.58. The minimum absolute atomic E-state index is 0.0282. The van der Waals surface area contributed by atoms with Gasteiger partial charge >= 0.3 is 0 Å². The van der Waals surface area contributed by atoms with Crippen LogP contribution in [0.25, 0.3) is 0 Å². The summed E-state index contributed by atoms with van der Waals surface area (Å²) in [5, 5.41) is 2.80. The van der Waals surface area contributed by atoms with Crippen molar-refractivity contribution in [3.63, 3.8) is 0 Å². The van der Waals surface area contributed by atoms with Crippen LogP contribution in [0, 0.1) is 5.82 Å². The lowest BCUT2D eigenvalue weighted by Gasteiger charge is -2.09. The van der Waals surface area contributed by atoms with Crippen LogP contribution in [-0.2, 0) is 16.6 Å². The van der Waals surface area contributed by atoms with Gasteiger partial charge in [0.15, 0.2) is 0 Å². The Balaban J connectivity index is 1.31. The number of halogens is 1. The molecular weight excluding hydrogens is 419 g/mol. The molecule has 0 heterocycles.